The van der Waals surface area contributed by atoms with E-state index in [1.54, 1.807) is 24.3 Å². The van der Waals surface area contributed by atoms with E-state index >= 15 is 0 Å². The van der Waals surface area contributed by atoms with Crippen molar-refractivity contribution in [3.05, 3.63) is 88.7 Å². The monoisotopic (exact) mass is 460 g/mol. The molecule has 1 atom stereocenters. The van der Waals surface area contributed by atoms with Gasteiger partial charge < -0.3 is 19.7 Å². The van der Waals surface area contributed by atoms with Crippen LogP contribution in [0.2, 0.25) is 0 Å². The number of carbonyl (C=O) groups excluding carboxylic acids is 2. The molecule has 0 bridgehead atoms. The van der Waals surface area contributed by atoms with Crippen molar-refractivity contribution < 1.29 is 23.5 Å². The summed E-state index contributed by atoms with van der Waals surface area (Å²) in [7, 11) is 0. The third-order valence-corrected chi connectivity index (χ3v) is 6.32. The van der Waals surface area contributed by atoms with E-state index in [0.717, 1.165) is 29.7 Å². The van der Waals surface area contributed by atoms with Crippen LogP contribution in [0.5, 0.6) is 11.5 Å². The lowest BCUT2D eigenvalue weighted by Crippen LogP contribution is -2.30. The lowest BCUT2D eigenvalue weighted by atomic mass is 10.0. The fourth-order valence-electron chi connectivity index (χ4n) is 4.51. The molecular weight excluding hydrogens is 435 g/mol. The van der Waals surface area contributed by atoms with Gasteiger partial charge in [-0.1, -0.05) is 24.3 Å². The van der Waals surface area contributed by atoms with Crippen molar-refractivity contribution in [2.75, 3.05) is 25.1 Å². The van der Waals surface area contributed by atoms with Gasteiger partial charge in [-0.2, -0.15) is 0 Å². The van der Waals surface area contributed by atoms with Gasteiger partial charge in [0, 0.05) is 17.8 Å². The Balaban J connectivity index is 1.38. The van der Waals surface area contributed by atoms with Gasteiger partial charge in [0.2, 0.25) is 0 Å². The minimum Gasteiger partial charge on any atom is -0.486 e. The molecule has 34 heavy (non-hydrogen) atoms. The molecule has 174 valence electrons. The van der Waals surface area contributed by atoms with Gasteiger partial charge in [-0.25, -0.2) is 4.39 Å². The van der Waals surface area contributed by atoms with Crippen LogP contribution in [0.4, 0.5) is 10.1 Å². The highest BCUT2D eigenvalue weighted by atomic mass is 19.1. The molecule has 2 amide bonds. The number of halogens is 1. The number of likely N-dealkylation sites (tertiary alicyclic amines) is 1. The fraction of sp³-hybridized carbons (Fsp3) is 0.259. The van der Waals surface area contributed by atoms with Gasteiger partial charge in [-0.15, -0.1) is 0 Å². The number of amides is 2. The topological polar surface area (TPSA) is 67.9 Å². The Morgan fingerprint density at radius 1 is 1.00 bits per heavy atom. The van der Waals surface area contributed by atoms with Crippen molar-refractivity contribution in [2.24, 2.45) is 0 Å². The molecule has 1 saturated heterocycles. The van der Waals surface area contributed by atoms with Crippen molar-refractivity contribution in [1.29, 1.82) is 0 Å². The zero-order valence-corrected chi connectivity index (χ0v) is 18.8. The zero-order valence-electron chi connectivity index (χ0n) is 18.8. The molecule has 0 radical (unpaired) electrons. The Kier molecular flexibility index (Phi) is 5.92. The van der Waals surface area contributed by atoms with Crippen molar-refractivity contribution in [2.45, 2.75) is 25.8 Å². The number of rotatable bonds is 4. The first-order valence-electron chi connectivity index (χ1n) is 11.4. The second-order valence-corrected chi connectivity index (χ2v) is 8.52. The Morgan fingerprint density at radius 3 is 2.62 bits per heavy atom. The van der Waals surface area contributed by atoms with Crippen LogP contribution in [0.25, 0.3) is 0 Å². The number of aryl methyl sites for hydroxylation is 1. The van der Waals surface area contributed by atoms with Crippen LogP contribution in [0.3, 0.4) is 0 Å². The molecule has 5 rings (SSSR count). The highest BCUT2D eigenvalue weighted by Crippen LogP contribution is 2.38. The first-order chi connectivity index (χ1) is 16.5. The molecule has 0 aliphatic carbocycles. The van der Waals surface area contributed by atoms with Gasteiger partial charge in [0.15, 0.2) is 11.5 Å². The minimum absolute atomic E-state index is 0.0446. The average Bonchev–Trinajstić information content (AvgIpc) is 3.35. The summed E-state index contributed by atoms with van der Waals surface area (Å²) in [5.74, 6) is 0.167. The number of ether oxygens (including phenoxy) is 2. The summed E-state index contributed by atoms with van der Waals surface area (Å²) >= 11 is 0. The summed E-state index contributed by atoms with van der Waals surface area (Å²) < 4.78 is 25.4. The predicted octanol–water partition coefficient (Wildman–Crippen LogP) is 5.13. The second-order valence-electron chi connectivity index (χ2n) is 8.52. The lowest BCUT2D eigenvalue weighted by molar-refractivity contribution is 0.0735. The molecule has 7 heteroatoms. The number of nitrogens with one attached hydrogen (secondary N) is 1. The highest BCUT2D eigenvalue weighted by Gasteiger charge is 2.31. The van der Waals surface area contributed by atoms with Gasteiger partial charge >= 0.3 is 0 Å². The van der Waals surface area contributed by atoms with Gasteiger partial charge in [-0.3, -0.25) is 9.59 Å². The van der Waals surface area contributed by atoms with Crippen molar-refractivity contribution in [1.82, 2.24) is 4.90 Å². The number of hydrogen-bond donors (Lipinski definition) is 1. The van der Waals surface area contributed by atoms with Gasteiger partial charge in [-0.05, 0) is 67.3 Å². The third kappa shape index (κ3) is 4.21. The fourth-order valence-corrected chi connectivity index (χ4v) is 4.51. The summed E-state index contributed by atoms with van der Waals surface area (Å²) in [4.78, 5) is 28.0. The van der Waals surface area contributed by atoms with E-state index in [1.807, 2.05) is 30.0 Å². The molecule has 3 aromatic carbocycles. The van der Waals surface area contributed by atoms with E-state index in [2.05, 4.69) is 5.32 Å². The molecule has 0 aromatic heterocycles. The van der Waals surface area contributed by atoms with Crippen LogP contribution < -0.4 is 14.8 Å². The normalized spacial score (nSPS) is 16.9. The summed E-state index contributed by atoms with van der Waals surface area (Å²) in [5.41, 5.74) is 2.70. The van der Waals surface area contributed by atoms with Gasteiger partial charge in [0.25, 0.3) is 11.8 Å². The molecule has 2 aliphatic rings. The van der Waals surface area contributed by atoms with E-state index in [4.69, 9.17) is 9.47 Å². The zero-order chi connectivity index (χ0) is 23.7. The molecule has 1 unspecified atom stereocenters. The van der Waals surface area contributed by atoms with Gasteiger partial charge in [0.05, 0.1) is 11.6 Å². The minimum atomic E-state index is -0.593. The molecule has 2 heterocycles. The molecule has 1 fully saturated rings. The van der Waals surface area contributed by atoms with Crippen molar-refractivity contribution in [3.8, 4) is 11.5 Å². The molecule has 2 aliphatic heterocycles. The van der Waals surface area contributed by atoms with Crippen LogP contribution >= 0.6 is 0 Å². The average molecular weight is 461 g/mol. The summed E-state index contributed by atoms with van der Waals surface area (Å²) in [6, 6.07) is 16.8. The predicted molar refractivity (Wildman–Crippen MR) is 126 cm³/mol. The maximum Gasteiger partial charge on any atom is 0.258 e. The highest BCUT2D eigenvalue weighted by molar-refractivity contribution is 6.05. The van der Waals surface area contributed by atoms with E-state index in [0.29, 0.717) is 36.8 Å². The summed E-state index contributed by atoms with van der Waals surface area (Å²) in [6.07, 6.45) is 1.75. The maximum absolute atomic E-state index is 14.0. The molecule has 0 spiro atoms. The Labute approximate surface area is 197 Å². The van der Waals surface area contributed by atoms with E-state index in [1.165, 1.54) is 18.2 Å². The van der Waals surface area contributed by atoms with Crippen LogP contribution in [0.1, 0.15) is 50.7 Å². The molecule has 1 N–H and O–H groups in total. The van der Waals surface area contributed by atoms with Crippen LogP contribution in [0, 0.1) is 12.7 Å². The van der Waals surface area contributed by atoms with Crippen molar-refractivity contribution in [3.63, 3.8) is 0 Å². The standard InChI is InChI=1S/C27H25FN2O4/c1-17-8-9-19(15-22(17)29-26(31)20-5-2-3-6-21(20)28)27(32)30-12-4-7-23(30)18-10-11-24-25(16-18)34-14-13-33-24/h2-3,5-6,8-11,15-16,23H,4,7,12-14H2,1H3,(H,29,31). The van der Waals surface area contributed by atoms with E-state index in [-0.39, 0.29) is 17.5 Å². The summed E-state index contributed by atoms with van der Waals surface area (Å²) in [6.45, 7) is 3.51. The van der Waals surface area contributed by atoms with Crippen LogP contribution in [-0.4, -0.2) is 36.5 Å². The Morgan fingerprint density at radius 2 is 1.79 bits per heavy atom. The lowest BCUT2D eigenvalue weighted by Gasteiger charge is -2.27. The summed E-state index contributed by atoms with van der Waals surface area (Å²) in [5, 5.41) is 2.75. The number of anilines is 1. The molecule has 6 nitrogen and oxygen atoms in total. The first-order valence-corrected chi connectivity index (χ1v) is 11.4. The number of nitrogens with zero attached hydrogens (tertiary/aromatic N) is 1. The largest absolute Gasteiger partial charge is 0.486 e. The molecule has 3 aromatic rings. The smallest absolute Gasteiger partial charge is 0.258 e. The quantitative estimate of drug-likeness (QED) is 0.586. The number of fused-ring (bicyclic) bond motifs is 1. The van der Waals surface area contributed by atoms with Crippen LogP contribution in [-0.2, 0) is 0 Å². The third-order valence-electron chi connectivity index (χ3n) is 6.32. The van der Waals surface area contributed by atoms with Crippen LogP contribution in [0.15, 0.2) is 60.7 Å². The number of hydrogen-bond acceptors (Lipinski definition) is 4. The first kappa shape index (κ1) is 21.9. The second kappa shape index (κ2) is 9.17. The SMILES string of the molecule is Cc1ccc(C(=O)N2CCCC2c2ccc3c(c2)OCCO3)cc1NC(=O)c1ccccc1F. The number of carbonyl (C=O) groups is 2. The molecular formula is C27H25FN2O4. The van der Waals surface area contributed by atoms with E-state index < -0.39 is 11.7 Å². The Hall–Kier alpha value is -3.87. The molecule has 0 saturated carbocycles. The number of benzene rings is 3. The van der Waals surface area contributed by atoms with Gasteiger partial charge in [0.1, 0.15) is 19.0 Å². The Bertz CT molecular complexity index is 1260. The van der Waals surface area contributed by atoms with Crippen molar-refractivity contribution >= 4 is 17.5 Å². The van der Waals surface area contributed by atoms with E-state index in [9.17, 15) is 14.0 Å². The maximum atomic E-state index is 14.0.